The van der Waals surface area contributed by atoms with Crippen molar-refractivity contribution in [2.45, 2.75) is 38.0 Å². The van der Waals surface area contributed by atoms with Crippen molar-refractivity contribution in [2.75, 3.05) is 6.54 Å². The second-order valence-corrected chi connectivity index (χ2v) is 4.99. The van der Waals surface area contributed by atoms with Gasteiger partial charge in [0.05, 0.1) is 5.92 Å². The van der Waals surface area contributed by atoms with Gasteiger partial charge in [0.15, 0.2) is 0 Å². The Morgan fingerprint density at radius 2 is 2.08 bits per heavy atom. The molecule has 0 aromatic carbocycles. The van der Waals surface area contributed by atoms with E-state index in [9.17, 15) is 4.79 Å². The maximum absolute atomic E-state index is 11.9. The first-order valence-corrected chi connectivity index (χ1v) is 5.63. The predicted molar refractivity (Wildman–Crippen MR) is 55.8 cm³/mol. The summed E-state index contributed by atoms with van der Waals surface area (Å²) in [4.78, 5) is 14.0. The number of likely N-dealkylation sites (tertiary alicyclic amines) is 1. The first-order chi connectivity index (χ1) is 6.13. The zero-order valence-corrected chi connectivity index (χ0v) is 9.13. The van der Waals surface area contributed by atoms with Crippen molar-refractivity contribution in [1.29, 1.82) is 0 Å². The van der Waals surface area contributed by atoms with Crippen LogP contribution >= 0.6 is 12.6 Å². The van der Waals surface area contributed by atoms with Gasteiger partial charge in [0.25, 0.3) is 0 Å². The largest absolute Gasteiger partial charge is 0.340 e. The van der Waals surface area contributed by atoms with Gasteiger partial charge in [-0.3, -0.25) is 4.79 Å². The van der Waals surface area contributed by atoms with Gasteiger partial charge in [-0.25, -0.2) is 0 Å². The quantitative estimate of drug-likeness (QED) is 0.635. The van der Waals surface area contributed by atoms with E-state index in [0.717, 1.165) is 6.54 Å². The second kappa shape index (κ2) is 3.19. The minimum atomic E-state index is 0.212. The lowest BCUT2D eigenvalue weighted by Crippen LogP contribution is -2.35. The van der Waals surface area contributed by atoms with E-state index in [0.29, 0.717) is 23.1 Å². The van der Waals surface area contributed by atoms with Crippen molar-refractivity contribution in [3.8, 4) is 0 Å². The van der Waals surface area contributed by atoms with E-state index in [1.165, 1.54) is 12.8 Å². The summed E-state index contributed by atoms with van der Waals surface area (Å²) in [5, 5.41) is 0.320. The molecule has 0 spiro atoms. The molecule has 2 aliphatic rings. The Kier molecular flexibility index (Phi) is 2.30. The number of hydrogen-bond donors (Lipinski definition) is 1. The molecule has 1 saturated heterocycles. The average molecular weight is 199 g/mol. The highest BCUT2D eigenvalue weighted by Crippen LogP contribution is 2.45. The third-order valence-corrected chi connectivity index (χ3v) is 4.24. The molecule has 0 N–H and O–H groups in total. The first kappa shape index (κ1) is 9.38. The lowest BCUT2D eigenvalue weighted by atomic mass is 10.2. The van der Waals surface area contributed by atoms with Crippen LogP contribution in [0.3, 0.4) is 0 Å². The van der Waals surface area contributed by atoms with Crippen LogP contribution < -0.4 is 0 Å². The second-order valence-electron chi connectivity index (χ2n) is 4.40. The van der Waals surface area contributed by atoms with Crippen molar-refractivity contribution >= 4 is 18.5 Å². The molecule has 1 heterocycles. The minimum Gasteiger partial charge on any atom is -0.340 e. The van der Waals surface area contributed by atoms with Crippen molar-refractivity contribution in [2.24, 2.45) is 11.8 Å². The molecule has 0 aromatic rings. The van der Waals surface area contributed by atoms with Gasteiger partial charge in [-0.2, -0.15) is 12.6 Å². The maximum Gasteiger partial charge on any atom is 0.227 e. The van der Waals surface area contributed by atoms with Crippen LogP contribution in [0.5, 0.6) is 0 Å². The number of thiol groups is 1. The normalized spacial score (nSPS) is 43.8. The molecule has 4 unspecified atom stereocenters. The Balaban J connectivity index is 1.98. The lowest BCUT2D eigenvalue weighted by Gasteiger charge is -2.21. The molecule has 1 amide bonds. The Hall–Kier alpha value is -0.180. The summed E-state index contributed by atoms with van der Waals surface area (Å²) in [5.74, 6) is 1.05. The highest BCUT2D eigenvalue weighted by Gasteiger charge is 2.51. The summed E-state index contributed by atoms with van der Waals surface area (Å²) in [5.41, 5.74) is 0. The molecule has 0 aromatic heterocycles. The third-order valence-electron chi connectivity index (χ3n) is 3.45. The van der Waals surface area contributed by atoms with Crippen molar-refractivity contribution in [3.05, 3.63) is 0 Å². The smallest absolute Gasteiger partial charge is 0.227 e. The summed E-state index contributed by atoms with van der Waals surface area (Å²) in [6.07, 6.45) is 2.34. The van der Waals surface area contributed by atoms with E-state index in [2.05, 4.69) is 26.5 Å². The Bertz CT molecular complexity index is 223. The summed E-state index contributed by atoms with van der Waals surface area (Å²) in [6.45, 7) is 5.22. The van der Waals surface area contributed by atoms with Gasteiger partial charge < -0.3 is 4.90 Å². The zero-order valence-electron chi connectivity index (χ0n) is 8.23. The molecule has 2 nitrogen and oxygen atoms in total. The fraction of sp³-hybridized carbons (Fsp3) is 0.900. The van der Waals surface area contributed by atoms with Gasteiger partial charge in [0.1, 0.15) is 0 Å². The van der Waals surface area contributed by atoms with E-state index >= 15 is 0 Å². The van der Waals surface area contributed by atoms with Crippen LogP contribution in [0.1, 0.15) is 26.7 Å². The Labute approximate surface area is 85.1 Å². The summed E-state index contributed by atoms with van der Waals surface area (Å²) in [7, 11) is 0. The number of amides is 1. The van der Waals surface area contributed by atoms with Crippen LogP contribution in [0, 0.1) is 11.8 Å². The molecule has 1 aliphatic heterocycles. The molecule has 3 heteroatoms. The molecular weight excluding hydrogens is 182 g/mol. The van der Waals surface area contributed by atoms with Gasteiger partial charge >= 0.3 is 0 Å². The molecule has 2 fully saturated rings. The SMILES string of the molecule is CC1C(S)C1C(=O)N1CCCC1C. The third kappa shape index (κ3) is 1.47. The number of carbonyl (C=O) groups excluding carboxylic acids is 1. The van der Waals surface area contributed by atoms with E-state index in [-0.39, 0.29) is 5.92 Å². The van der Waals surface area contributed by atoms with Crippen LogP contribution in [0.15, 0.2) is 0 Å². The number of nitrogens with zero attached hydrogens (tertiary/aromatic N) is 1. The van der Waals surface area contributed by atoms with Gasteiger partial charge in [-0.15, -0.1) is 0 Å². The fourth-order valence-electron chi connectivity index (χ4n) is 2.26. The number of carbonyl (C=O) groups is 1. The van der Waals surface area contributed by atoms with Crippen LogP contribution in [0.25, 0.3) is 0 Å². The summed E-state index contributed by atoms with van der Waals surface area (Å²) >= 11 is 4.38. The van der Waals surface area contributed by atoms with Gasteiger partial charge in [0, 0.05) is 17.8 Å². The number of rotatable bonds is 1. The standard InChI is InChI=1S/C10H17NOS/c1-6-4-3-5-11(6)10(12)8-7(2)9(8)13/h6-9,13H,3-5H2,1-2H3. The maximum atomic E-state index is 11.9. The highest BCUT2D eigenvalue weighted by molar-refractivity contribution is 7.81. The van der Waals surface area contributed by atoms with Crippen molar-refractivity contribution < 1.29 is 4.79 Å². The molecule has 13 heavy (non-hydrogen) atoms. The number of hydrogen-bond acceptors (Lipinski definition) is 2. The van der Waals surface area contributed by atoms with Gasteiger partial charge in [0.2, 0.25) is 5.91 Å². The summed E-state index contributed by atoms with van der Waals surface area (Å²) in [6, 6.07) is 0.459. The topological polar surface area (TPSA) is 20.3 Å². The molecule has 2 rings (SSSR count). The highest BCUT2D eigenvalue weighted by atomic mass is 32.1. The molecule has 1 saturated carbocycles. The van der Waals surface area contributed by atoms with Crippen LogP contribution in [0.2, 0.25) is 0 Å². The van der Waals surface area contributed by atoms with E-state index in [4.69, 9.17) is 0 Å². The van der Waals surface area contributed by atoms with Crippen LogP contribution in [-0.2, 0) is 4.79 Å². The molecule has 74 valence electrons. The van der Waals surface area contributed by atoms with Gasteiger partial charge in [-0.05, 0) is 25.7 Å². The molecule has 0 bridgehead atoms. The average Bonchev–Trinajstić information content (AvgIpc) is 2.51. The monoisotopic (exact) mass is 199 g/mol. The predicted octanol–water partition coefficient (Wildman–Crippen LogP) is 1.56. The molecule has 4 atom stereocenters. The Morgan fingerprint density at radius 1 is 1.46 bits per heavy atom. The van der Waals surface area contributed by atoms with Crippen molar-refractivity contribution in [1.82, 2.24) is 4.90 Å². The minimum absolute atomic E-state index is 0.212. The molecule has 1 aliphatic carbocycles. The Morgan fingerprint density at radius 3 is 2.46 bits per heavy atom. The van der Waals surface area contributed by atoms with E-state index in [1.807, 2.05) is 4.90 Å². The zero-order chi connectivity index (χ0) is 9.59. The van der Waals surface area contributed by atoms with Crippen LogP contribution in [0.4, 0.5) is 0 Å². The lowest BCUT2D eigenvalue weighted by molar-refractivity contribution is -0.133. The molecule has 0 radical (unpaired) electrons. The van der Waals surface area contributed by atoms with E-state index < -0.39 is 0 Å². The fourth-order valence-corrected chi connectivity index (χ4v) is 2.75. The van der Waals surface area contributed by atoms with Crippen molar-refractivity contribution in [3.63, 3.8) is 0 Å². The summed E-state index contributed by atoms with van der Waals surface area (Å²) < 4.78 is 0. The van der Waals surface area contributed by atoms with E-state index in [1.54, 1.807) is 0 Å². The van der Waals surface area contributed by atoms with Gasteiger partial charge in [-0.1, -0.05) is 6.92 Å². The van der Waals surface area contributed by atoms with Crippen LogP contribution in [-0.4, -0.2) is 28.6 Å². The molecular formula is C10H17NOS. The first-order valence-electron chi connectivity index (χ1n) is 5.11.